The van der Waals surface area contributed by atoms with Gasteiger partial charge in [0.15, 0.2) is 0 Å². The summed E-state index contributed by atoms with van der Waals surface area (Å²) in [6.45, 7) is 0.252. The molecule has 0 spiro atoms. The summed E-state index contributed by atoms with van der Waals surface area (Å²) in [6, 6.07) is 7.73. The fourth-order valence-electron chi connectivity index (χ4n) is 2.41. The van der Waals surface area contributed by atoms with Crippen molar-refractivity contribution in [3.8, 4) is 11.1 Å². The molecule has 2 aromatic rings. The molecule has 8 nitrogen and oxygen atoms in total. The molecule has 0 bridgehead atoms. The summed E-state index contributed by atoms with van der Waals surface area (Å²) in [7, 11) is -3.03. The number of benzene rings is 1. The Morgan fingerprint density at radius 2 is 1.93 bits per heavy atom. The first-order valence-electron chi connectivity index (χ1n) is 8.40. The van der Waals surface area contributed by atoms with E-state index in [1.807, 2.05) is 24.3 Å². The van der Waals surface area contributed by atoms with Crippen LogP contribution in [0, 0.1) is 5.41 Å². The van der Waals surface area contributed by atoms with Crippen molar-refractivity contribution in [3.05, 3.63) is 42.2 Å². The molecular formula is C18H23N5O3S. The van der Waals surface area contributed by atoms with E-state index in [0.717, 1.165) is 16.7 Å². The third-order valence-electron chi connectivity index (χ3n) is 3.75. The number of sulfone groups is 1. The second-order valence-corrected chi connectivity index (χ2v) is 8.55. The van der Waals surface area contributed by atoms with Crippen molar-refractivity contribution in [3.63, 3.8) is 0 Å². The van der Waals surface area contributed by atoms with Gasteiger partial charge in [0, 0.05) is 37.2 Å². The number of carbonyl (C=O) groups is 1. The predicted octanol–water partition coefficient (Wildman–Crippen LogP) is 1.43. The first-order valence-corrected chi connectivity index (χ1v) is 10.5. The quantitative estimate of drug-likeness (QED) is 0.412. The van der Waals surface area contributed by atoms with E-state index in [1.165, 1.54) is 6.26 Å². The van der Waals surface area contributed by atoms with Crippen molar-refractivity contribution in [2.45, 2.75) is 19.3 Å². The number of rotatable bonds is 10. The Labute approximate surface area is 158 Å². The standard InChI is InChI=1S/C18H23N5O3S/c1-27(25,26)8-7-21-18-22-11-15(12-23-18)14-4-2-3-13(9-14)5-6-16(24)10-17(19)20/h2-4,9,11-12H,5-8,10H2,1H3,(H3,19,20)(H,21,22,23). The van der Waals surface area contributed by atoms with Crippen LogP contribution in [0.3, 0.4) is 0 Å². The monoisotopic (exact) mass is 389 g/mol. The van der Waals surface area contributed by atoms with Crippen molar-refractivity contribution in [1.29, 1.82) is 5.41 Å². The smallest absolute Gasteiger partial charge is 0.222 e. The number of aromatic nitrogens is 2. The molecule has 2 rings (SSSR count). The third kappa shape index (κ3) is 7.53. The summed E-state index contributed by atoms with van der Waals surface area (Å²) < 4.78 is 22.2. The number of ketones is 1. The Morgan fingerprint density at radius 1 is 1.22 bits per heavy atom. The molecule has 144 valence electrons. The van der Waals surface area contributed by atoms with Crippen molar-refractivity contribution in [1.82, 2.24) is 9.97 Å². The lowest BCUT2D eigenvalue weighted by atomic mass is 10.0. The fraction of sp³-hybridized carbons (Fsp3) is 0.333. The summed E-state index contributed by atoms with van der Waals surface area (Å²) in [5.41, 5.74) is 7.98. The average molecular weight is 389 g/mol. The van der Waals surface area contributed by atoms with Gasteiger partial charge >= 0.3 is 0 Å². The number of nitrogens with zero attached hydrogens (tertiary/aromatic N) is 2. The Kier molecular flexibility index (Phi) is 7.00. The highest BCUT2D eigenvalue weighted by Crippen LogP contribution is 2.20. The molecule has 0 amide bonds. The SMILES string of the molecule is CS(=O)(=O)CCNc1ncc(-c2cccc(CCC(=O)CC(=N)N)c2)cn1. The predicted molar refractivity (Wildman–Crippen MR) is 106 cm³/mol. The van der Waals surface area contributed by atoms with Crippen LogP contribution in [0.1, 0.15) is 18.4 Å². The topological polar surface area (TPSA) is 139 Å². The molecule has 0 aliphatic rings. The highest BCUT2D eigenvalue weighted by Gasteiger charge is 2.07. The number of nitrogens with two attached hydrogens (primary N) is 1. The maximum absolute atomic E-state index is 11.7. The highest BCUT2D eigenvalue weighted by atomic mass is 32.2. The van der Waals surface area contributed by atoms with Crippen molar-refractivity contribution >= 4 is 27.4 Å². The normalized spacial score (nSPS) is 11.1. The lowest BCUT2D eigenvalue weighted by Gasteiger charge is -2.07. The first kappa shape index (κ1) is 20.5. The number of aryl methyl sites for hydroxylation is 1. The van der Waals surface area contributed by atoms with Gasteiger partial charge in [0.2, 0.25) is 5.95 Å². The number of hydrogen-bond acceptors (Lipinski definition) is 7. The molecule has 0 unspecified atom stereocenters. The molecule has 1 heterocycles. The average Bonchev–Trinajstić information content (AvgIpc) is 2.59. The molecule has 0 fully saturated rings. The van der Waals surface area contributed by atoms with Crippen LogP contribution in [-0.2, 0) is 21.1 Å². The largest absolute Gasteiger partial charge is 0.387 e. The fourth-order valence-corrected chi connectivity index (χ4v) is 2.88. The van der Waals surface area contributed by atoms with E-state index in [-0.39, 0.29) is 30.3 Å². The molecule has 0 aliphatic heterocycles. The van der Waals surface area contributed by atoms with Crippen LogP contribution in [-0.4, -0.2) is 48.6 Å². The Hall–Kier alpha value is -2.81. The summed E-state index contributed by atoms with van der Waals surface area (Å²) >= 11 is 0. The van der Waals surface area contributed by atoms with Gasteiger partial charge < -0.3 is 11.1 Å². The molecule has 1 aromatic carbocycles. The minimum absolute atomic E-state index is 0.0126. The molecule has 0 saturated heterocycles. The molecule has 4 N–H and O–H groups in total. The number of amidine groups is 1. The van der Waals surface area contributed by atoms with Crippen molar-refractivity contribution < 1.29 is 13.2 Å². The van der Waals surface area contributed by atoms with Gasteiger partial charge in [0.1, 0.15) is 15.6 Å². The second-order valence-electron chi connectivity index (χ2n) is 6.29. The van der Waals surface area contributed by atoms with E-state index in [4.69, 9.17) is 11.1 Å². The number of anilines is 1. The van der Waals surface area contributed by atoms with Gasteiger partial charge in [-0.3, -0.25) is 10.2 Å². The van der Waals surface area contributed by atoms with Crippen LogP contribution in [0.15, 0.2) is 36.7 Å². The van der Waals surface area contributed by atoms with Gasteiger partial charge in [-0.2, -0.15) is 0 Å². The van der Waals surface area contributed by atoms with E-state index < -0.39 is 9.84 Å². The van der Waals surface area contributed by atoms with Gasteiger partial charge in [0.05, 0.1) is 18.0 Å². The molecule has 27 heavy (non-hydrogen) atoms. The summed E-state index contributed by atoms with van der Waals surface area (Å²) in [6.07, 6.45) is 5.40. The summed E-state index contributed by atoms with van der Waals surface area (Å²) in [4.78, 5) is 20.1. The zero-order valence-electron chi connectivity index (χ0n) is 15.1. The number of hydrogen-bond donors (Lipinski definition) is 3. The van der Waals surface area contributed by atoms with Crippen LogP contribution in [0.25, 0.3) is 11.1 Å². The maximum Gasteiger partial charge on any atom is 0.222 e. The second kappa shape index (κ2) is 9.22. The van der Waals surface area contributed by atoms with E-state index in [0.29, 0.717) is 18.8 Å². The third-order valence-corrected chi connectivity index (χ3v) is 4.69. The van der Waals surface area contributed by atoms with Crippen LogP contribution in [0.4, 0.5) is 5.95 Å². The summed E-state index contributed by atoms with van der Waals surface area (Å²) in [5.74, 6) is 0.216. The van der Waals surface area contributed by atoms with E-state index >= 15 is 0 Å². The molecular weight excluding hydrogens is 366 g/mol. The van der Waals surface area contributed by atoms with Crippen LogP contribution in [0.2, 0.25) is 0 Å². The Balaban J connectivity index is 1.97. The Bertz CT molecular complexity index is 911. The van der Waals surface area contributed by atoms with Gasteiger partial charge in [-0.25, -0.2) is 18.4 Å². The van der Waals surface area contributed by atoms with Gasteiger partial charge in [-0.15, -0.1) is 0 Å². The lowest BCUT2D eigenvalue weighted by Crippen LogP contribution is -2.15. The van der Waals surface area contributed by atoms with Crippen molar-refractivity contribution in [2.75, 3.05) is 23.9 Å². The molecule has 0 saturated carbocycles. The van der Waals surface area contributed by atoms with Gasteiger partial charge in [-0.1, -0.05) is 24.3 Å². The molecule has 1 aromatic heterocycles. The van der Waals surface area contributed by atoms with Crippen LogP contribution >= 0.6 is 0 Å². The minimum atomic E-state index is -3.03. The molecule has 0 atom stereocenters. The van der Waals surface area contributed by atoms with Crippen LogP contribution < -0.4 is 11.1 Å². The van der Waals surface area contributed by atoms with E-state index in [2.05, 4.69) is 15.3 Å². The molecule has 0 aliphatic carbocycles. The number of carbonyl (C=O) groups excluding carboxylic acids is 1. The molecule has 9 heteroatoms. The first-order chi connectivity index (χ1) is 12.7. The minimum Gasteiger partial charge on any atom is -0.387 e. The van der Waals surface area contributed by atoms with Gasteiger partial charge in [0.25, 0.3) is 0 Å². The van der Waals surface area contributed by atoms with Crippen LogP contribution in [0.5, 0.6) is 0 Å². The maximum atomic E-state index is 11.7. The lowest BCUT2D eigenvalue weighted by molar-refractivity contribution is -0.117. The van der Waals surface area contributed by atoms with Crippen molar-refractivity contribution in [2.24, 2.45) is 5.73 Å². The number of Topliss-reactive ketones (excluding diaryl/α,β-unsaturated/α-hetero) is 1. The number of nitrogens with one attached hydrogen (secondary N) is 2. The van der Waals surface area contributed by atoms with E-state index in [1.54, 1.807) is 12.4 Å². The molecule has 0 radical (unpaired) electrons. The van der Waals surface area contributed by atoms with Gasteiger partial charge in [-0.05, 0) is 17.5 Å². The summed E-state index contributed by atoms with van der Waals surface area (Å²) in [5, 5.41) is 10.0. The highest BCUT2D eigenvalue weighted by molar-refractivity contribution is 7.90. The van der Waals surface area contributed by atoms with E-state index in [9.17, 15) is 13.2 Å². The Morgan fingerprint density at radius 3 is 2.56 bits per heavy atom. The zero-order valence-corrected chi connectivity index (χ0v) is 15.9. The zero-order chi connectivity index (χ0) is 19.9.